The summed E-state index contributed by atoms with van der Waals surface area (Å²) in [6.07, 6.45) is 0. The van der Waals surface area contributed by atoms with Gasteiger partial charge in [0, 0.05) is 11.3 Å². The number of carbonyl (C=O) groups is 2. The molecule has 0 aliphatic carbocycles. The summed E-state index contributed by atoms with van der Waals surface area (Å²) < 4.78 is 4.74. The minimum atomic E-state index is -0.354. The summed E-state index contributed by atoms with van der Waals surface area (Å²) in [5, 5.41) is 3.00. The van der Waals surface area contributed by atoms with E-state index in [-0.39, 0.29) is 11.9 Å². The highest BCUT2D eigenvalue weighted by Gasteiger charge is 2.14. The number of likely N-dealkylation sites (N-methyl/N-ethyl adjacent to an activating group) is 1. The predicted molar refractivity (Wildman–Crippen MR) is 97.8 cm³/mol. The van der Waals surface area contributed by atoms with Gasteiger partial charge in [0.2, 0.25) is 0 Å². The fourth-order valence-electron chi connectivity index (χ4n) is 2.81. The molecular formula is C20H25N2O3+. The second-order valence-corrected chi connectivity index (χ2v) is 6.32. The average Bonchev–Trinajstić information content (AvgIpc) is 2.57. The van der Waals surface area contributed by atoms with Crippen molar-refractivity contribution < 1.29 is 19.2 Å². The summed E-state index contributed by atoms with van der Waals surface area (Å²) in [7, 11) is 3.32. The van der Waals surface area contributed by atoms with Gasteiger partial charge in [0.1, 0.15) is 6.54 Å². The monoisotopic (exact) mass is 341 g/mol. The number of ether oxygens (including phenoxy) is 1. The zero-order valence-corrected chi connectivity index (χ0v) is 15.2. The zero-order chi connectivity index (χ0) is 18.4. The van der Waals surface area contributed by atoms with Crippen molar-refractivity contribution >= 4 is 17.6 Å². The Morgan fingerprint density at radius 3 is 2.36 bits per heavy atom. The Bertz CT molecular complexity index is 751. The molecule has 132 valence electrons. The molecule has 2 N–H and O–H groups in total. The number of anilines is 1. The summed E-state index contributed by atoms with van der Waals surface area (Å²) >= 11 is 0. The summed E-state index contributed by atoms with van der Waals surface area (Å²) in [5.74, 6) is -0.383. The van der Waals surface area contributed by atoms with Crippen LogP contribution in [0, 0.1) is 13.8 Å². The van der Waals surface area contributed by atoms with Crippen LogP contribution in [-0.2, 0) is 16.1 Å². The Morgan fingerprint density at radius 1 is 1.08 bits per heavy atom. The van der Waals surface area contributed by atoms with Crippen LogP contribution in [0.2, 0.25) is 0 Å². The molecule has 1 unspecified atom stereocenters. The number of rotatable bonds is 6. The van der Waals surface area contributed by atoms with E-state index in [0.717, 1.165) is 27.3 Å². The lowest BCUT2D eigenvalue weighted by atomic mass is 10.1. The van der Waals surface area contributed by atoms with Gasteiger partial charge in [0.05, 0.1) is 19.7 Å². The number of carbonyl (C=O) groups excluding carboxylic acids is 2. The quantitative estimate of drug-likeness (QED) is 0.787. The van der Waals surface area contributed by atoms with E-state index < -0.39 is 0 Å². The lowest BCUT2D eigenvalue weighted by Gasteiger charge is -2.16. The predicted octanol–water partition coefficient (Wildman–Crippen LogP) is 1.74. The summed E-state index contributed by atoms with van der Waals surface area (Å²) in [6.45, 7) is 4.95. The van der Waals surface area contributed by atoms with Gasteiger partial charge < -0.3 is 15.0 Å². The van der Waals surface area contributed by atoms with Gasteiger partial charge in [-0.2, -0.15) is 0 Å². The van der Waals surface area contributed by atoms with Gasteiger partial charge in [-0.05, 0) is 37.1 Å². The van der Waals surface area contributed by atoms with E-state index in [4.69, 9.17) is 4.74 Å². The Morgan fingerprint density at radius 2 is 1.72 bits per heavy atom. The molecule has 5 heteroatoms. The van der Waals surface area contributed by atoms with Gasteiger partial charge >= 0.3 is 5.97 Å². The van der Waals surface area contributed by atoms with Crippen LogP contribution in [0.4, 0.5) is 5.69 Å². The lowest BCUT2D eigenvalue weighted by Crippen LogP contribution is -3.08. The van der Waals surface area contributed by atoms with Crippen molar-refractivity contribution in [3.05, 3.63) is 64.7 Å². The number of hydrogen-bond donors (Lipinski definition) is 2. The van der Waals surface area contributed by atoms with E-state index in [1.54, 1.807) is 12.1 Å². The standard InChI is InChI=1S/C20H24N2O3/c1-14-7-5-8-15(2)19(14)21-18(23)13-22(3)12-16-9-6-10-17(11-16)20(24)25-4/h5-11H,12-13H2,1-4H3,(H,21,23)/p+1. The smallest absolute Gasteiger partial charge is 0.337 e. The molecule has 0 fully saturated rings. The third kappa shape index (κ3) is 5.16. The molecule has 0 aliphatic heterocycles. The second-order valence-electron chi connectivity index (χ2n) is 6.32. The number of amides is 1. The largest absolute Gasteiger partial charge is 0.465 e. The van der Waals surface area contributed by atoms with Crippen molar-refractivity contribution in [2.24, 2.45) is 0 Å². The maximum atomic E-state index is 12.3. The summed E-state index contributed by atoms with van der Waals surface area (Å²) in [6, 6.07) is 13.2. The average molecular weight is 341 g/mol. The van der Waals surface area contributed by atoms with Gasteiger partial charge in [-0.15, -0.1) is 0 Å². The SMILES string of the molecule is COC(=O)c1cccc(C[NH+](C)CC(=O)Nc2c(C)cccc2C)c1. The van der Waals surface area contributed by atoms with Crippen LogP contribution in [0.5, 0.6) is 0 Å². The molecule has 2 aromatic carbocycles. The number of para-hydroxylation sites is 1. The molecule has 1 amide bonds. The van der Waals surface area contributed by atoms with Crippen LogP contribution in [0.25, 0.3) is 0 Å². The summed E-state index contributed by atoms with van der Waals surface area (Å²) in [5.41, 5.74) is 4.50. The molecule has 0 saturated heterocycles. The van der Waals surface area contributed by atoms with Crippen LogP contribution in [0.15, 0.2) is 42.5 Å². The number of quaternary nitrogens is 1. The van der Waals surface area contributed by atoms with E-state index in [1.807, 2.05) is 51.2 Å². The van der Waals surface area contributed by atoms with E-state index in [9.17, 15) is 9.59 Å². The topological polar surface area (TPSA) is 59.8 Å². The Labute approximate surface area is 148 Å². The molecule has 2 aromatic rings. The molecule has 0 saturated carbocycles. The molecule has 2 rings (SSSR count). The van der Waals surface area contributed by atoms with E-state index in [0.29, 0.717) is 18.7 Å². The van der Waals surface area contributed by atoms with E-state index in [2.05, 4.69) is 5.32 Å². The number of hydrogen-bond acceptors (Lipinski definition) is 3. The lowest BCUT2D eigenvalue weighted by molar-refractivity contribution is -0.885. The van der Waals surface area contributed by atoms with Crippen molar-refractivity contribution in [2.75, 3.05) is 26.0 Å². The van der Waals surface area contributed by atoms with E-state index >= 15 is 0 Å². The van der Waals surface area contributed by atoms with Gasteiger partial charge in [0.15, 0.2) is 6.54 Å². The maximum absolute atomic E-state index is 12.3. The normalized spacial score (nSPS) is 11.7. The minimum Gasteiger partial charge on any atom is -0.465 e. The van der Waals surface area contributed by atoms with Gasteiger partial charge in [-0.25, -0.2) is 4.79 Å². The molecule has 1 atom stereocenters. The zero-order valence-electron chi connectivity index (χ0n) is 15.2. The molecule has 0 aliphatic rings. The van der Waals surface area contributed by atoms with Crippen LogP contribution in [0.1, 0.15) is 27.0 Å². The second kappa shape index (κ2) is 8.44. The minimum absolute atomic E-state index is 0.0287. The highest BCUT2D eigenvalue weighted by Crippen LogP contribution is 2.18. The van der Waals surface area contributed by atoms with Crippen LogP contribution >= 0.6 is 0 Å². The van der Waals surface area contributed by atoms with Gasteiger partial charge in [-0.1, -0.05) is 30.3 Å². The number of esters is 1. The van der Waals surface area contributed by atoms with Crippen molar-refractivity contribution in [1.29, 1.82) is 0 Å². The molecule has 5 nitrogen and oxygen atoms in total. The van der Waals surface area contributed by atoms with Crippen molar-refractivity contribution in [3.8, 4) is 0 Å². The van der Waals surface area contributed by atoms with Crippen LogP contribution in [0.3, 0.4) is 0 Å². The molecule has 0 radical (unpaired) electrons. The molecule has 0 heterocycles. The molecule has 0 spiro atoms. The van der Waals surface area contributed by atoms with Crippen molar-refractivity contribution in [1.82, 2.24) is 0 Å². The Balaban J connectivity index is 1.97. The number of methoxy groups -OCH3 is 1. The van der Waals surface area contributed by atoms with Crippen molar-refractivity contribution in [3.63, 3.8) is 0 Å². The fourth-order valence-corrected chi connectivity index (χ4v) is 2.81. The van der Waals surface area contributed by atoms with Crippen LogP contribution in [-0.4, -0.2) is 32.6 Å². The van der Waals surface area contributed by atoms with Gasteiger partial charge in [0.25, 0.3) is 5.91 Å². The number of aryl methyl sites for hydroxylation is 2. The third-order valence-electron chi connectivity index (χ3n) is 4.06. The fraction of sp³-hybridized carbons (Fsp3) is 0.300. The number of nitrogens with one attached hydrogen (secondary N) is 2. The van der Waals surface area contributed by atoms with Gasteiger partial charge in [-0.3, -0.25) is 4.79 Å². The summed E-state index contributed by atoms with van der Waals surface area (Å²) in [4.78, 5) is 25.0. The highest BCUT2D eigenvalue weighted by atomic mass is 16.5. The Hall–Kier alpha value is -2.66. The molecule has 25 heavy (non-hydrogen) atoms. The third-order valence-corrected chi connectivity index (χ3v) is 4.06. The number of benzene rings is 2. The molecule has 0 bridgehead atoms. The first kappa shape index (κ1) is 18.7. The Kier molecular flexibility index (Phi) is 6.31. The highest BCUT2D eigenvalue weighted by molar-refractivity contribution is 5.93. The van der Waals surface area contributed by atoms with Crippen LogP contribution < -0.4 is 10.2 Å². The first-order valence-corrected chi connectivity index (χ1v) is 8.25. The van der Waals surface area contributed by atoms with E-state index in [1.165, 1.54) is 7.11 Å². The maximum Gasteiger partial charge on any atom is 0.337 e. The molecule has 0 aromatic heterocycles. The van der Waals surface area contributed by atoms with Crippen molar-refractivity contribution in [2.45, 2.75) is 20.4 Å². The first-order valence-electron chi connectivity index (χ1n) is 8.25. The molecular weight excluding hydrogens is 316 g/mol. The first-order chi connectivity index (χ1) is 11.9.